The summed E-state index contributed by atoms with van der Waals surface area (Å²) in [4.78, 5) is 13.3. The van der Waals surface area contributed by atoms with Crippen molar-refractivity contribution in [3.63, 3.8) is 0 Å². The molecule has 146 valence electrons. The van der Waals surface area contributed by atoms with Crippen LogP contribution in [0.4, 0.5) is 34.9 Å². The van der Waals surface area contributed by atoms with Crippen LogP contribution in [0.2, 0.25) is 0 Å². The van der Waals surface area contributed by atoms with Crippen molar-refractivity contribution in [2.45, 2.75) is 0 Å². The van der Waals surface area contributed by atoms with Gasteiger partial charge < -0.3 is 31.7 Å². The van der Waals surface area contributed by atoms with Gasteiger partial charge in [0, 0.05) is 36.2 Å². The second-order valence-corrected chi connectivity index (χ2v) is 5.94. The molecule has 0 unspecified atom stereocenters. The summed E-state index contributed by atoms with van der Waals surface area (Å²) in [6.07, 6.45) is 0. The fourth-order valence-electron chi connectivity index (χ4n) is 2.44. The van der Waals surface area contributed by atoms with Gasteiger partial charge >= 0.3 is 0 Å². The van der Waals surface area contributed by atoms with Crippen molar-refractivity contribution in [1.29, 1.82) is 0 Å². The summed E-state index contributed by atoms with van der Waals surface area (Å²) in [5.74, 6) is 2.01. The molecule has 0 amide bonds. The van der Waals surface area contributed by atoms with Crippen molar-refractivity contribution in [3.05, 3.63) is 48.5 Å². The number of nitrogen functional groups attached to an aromatic ring is 1. The van der Waals surface area contributed by atoms with Crippen LogP contribution in [0, 0.1) is 0 Å². The third-order valence-electron chi connectivity index (χ3n) is 3.76. The number of methoxy groups -OCH3 is 1. The quantitative estimate of drug-likeness (QED) is 0.281. The molecule has 28 heavy (non-hydrogen) atoms. The van der Waals surface area contributed by atoms with Gasteiger partial charge in [-0.25, -0.2) is 0 Å². The summed E-state index contributed by atoms with van der Waals surface area (Å²) >= 11 is 0. The summed E-state index contributed by atoms with van der Waals surface area (Å²) in [5.41, 5.74) is 8.10. The number of nitrogens with two attached hydrogens (primary N) is 1. The molecule has 2 aromatic carbocycles. The maximum atomic E-state index is 5.85. The highest BCUT2D eigenvalue weighted by Gasteiger charge is 2.08. The van der Waals surface area contributed by atoms with E-state index in [2.05, 4.69) is 36.2 Å². The fraction of sp³-hybridized carbons (Fsp3) is 0.211. The van der Waals surface area contributed by atoms with Crippen LogP contribution < -0.4 is 31.7 Å². The molecular formula is C19H24N8O. The molecule has 3 aromatic rings. The highest BCUT2D eigenvalue weighted by Crippen LogP contribution is 2.22. The van der Waals surface area contributed by atoms with Gasteiger partial charge in [0.25, 0.3) is 0 Å². The highest BCUT2D eigenvalue weighted by atomic mass is 16.5. The molecule has 1 aromatic heterocycles. The Morgan fingerprint density at radius 3 is 2.14 bits per heavy atom. The van der Waals surface area contributed by atoms with E-state index in [4.69, 9.17) is 10.5 Å². The number of ether oxygens (including phenoxy) is 1. The third-order valence-corrected chi connectivity index (χ3v) is 3.76. The van der Waals surface area contributed by atoms with Crippen molar-refractivity contribution >= 4 is 34.9 Å². The van der Waals surface area contributed by atoms with E-state index in [0.29, 0.717) is 30.1 Å². The molecular weight excluding hydrogens is 356 g/mol. The number of benzene rings is 2. The van der Waals surface area contributed by atoms with Crippen LogP contribution in [0.25, 0.3) is 0 Å². The number of hydrogen-bond acceptors (Lipinski definition) is 9. The van der Waals surface area contributed by atoms with Gasteiger partial charge in [-0.1, -0.05) is 12.1 Å². The lowest BCUT2D eigenvalue weighted by Gasteiger charge is -2.12. The van der Waals surface area contributed by atoms with Crippen molar-refractivity contribution in [1.82, 2.24) is 20.3 Å². The zero-order valence-electron chi connectivity index (χ0n) is 15.9. The Labute approximate surface area is 163 Å². The Balaban J connectivity index is 1.85. The predicted molar refractivity (Wildman–Crippen MR) is 113 cm³/mol. The molecule has 0 fully saturated rings. The molecule has 0 atom stereocenters. The predicted octanol–water partition coefficient (Wildman–Crippen LogP) is 2.58. The van der Waals surface area contributed by atoms with Crippen molar-refractivity contribution < 1.29 is 4.74 Å². The molecule has 0 aliphatic carbocycles. The molecule has 0 aliphatic rings. The molecule has 9 nitrogen and oxygen atoms in total. The molecule has 9 heteroatoms. The molecule has 6 N–H and O–H groups in total. The van der Waals surface area contributed by atoms with Gasteiger partial charge in [-0.15, -0.1) is 0 Å². The number of aromatic nitrogens is 3. The fourth-order valence-corrected chi connectivity index (χ4v) is 2.44. The number of anilines is 6. The standard InChI is InChI=1S/C19H24N8O/c1-21-9-10-22-17-25-18(23-14-6-3-5-13(20)11-14)27-19(26-17)24-15-7-4-8-16(12-15)28-2/h3-8,11-12,21H,9-10,20H2,1-2H3,(H3,22,23,24,25,26,27). The molecule has 0 aliphatic heterocycles. The minimum Gasteiger partial charge on any atom is -0.497 e. The Kier molecular flexibility index (Phi) is 6.42. The first-order chi connectivity index (χ1) is 13.7. The first-order valence-electron chi connectivity index (χ1n) is 8.84. The van der Waals surface area contributed by atoms with Crippen molar-refractivity contribution in [2.75, 3.05) is 48.9 Å². The van der Waals surface area contributed by atoms with Gasteiger partial charge in [-0.2, -0.15) is 15.0 Å². The SMILES string of the molecule is CNCCNc1nc(Nc2cccc(N)c2)nc(Nc2cccc(OC)c2)n1. The molecule has 0 spiro atoms. The first-order valence-corrected chi connectivity index (χ1v) is 8.84. The maximum Gasteiger partial charge on any atom is 0.233 e. The van der Waals surface area contributed by atoms with Gasteiger partial charge in [0.15, 0.2) is 0 Å². The molecule has 0 bridgehead atoms. The number of likely N-dealkylation sites (N-methyl/N-ethyl adjacent to an activating group) is 1. The highest BCUT2D eigenvalue weighted by molar-refractivity contribution is 5.62. The lowest BCUT2D eigenvalue weighted by atomic mass is 10.3. The zero-order valence-corrected chi connectivity index (χ0v) is 15.9. The van der Waals surface area contributed by atoms with Crippen LogP contribution >= 0.6 is 0 Å². The van der Waals surface area contributed by atoms with E-state index >= 15 is 0 Å². The van der Waals surface area contributed by atoms with Gasteiger partial charge in [-0.3, -0.25) is 0 Å². The van der Waals surface area contributed by atoms with E-state index in [1.165, 1.54) is 0 Å². The van der Waals surface area contributed by atoms with Crippen LogP contribution in [0.5, 0.6) is 5.75 Å². The van der Waals surface area contributed by atoms with E-state index < -0.39 is 0 Å². The van der Waals surface area contributed by atoms with E-state index in [1.54, 1.807) is 7.11 Å². The molecule has 3 rings (SSSR count). The average molecular weight is 380 g/mol. The molecule has 1 heterocycles. The lowest BCUT2D eigenvalue weighted by molar-refractivity contribution is 0.415. The van der Waals surface area contributed by atoms with Gasteiger partial charge in [0.2, 0.25) is 17.8 Å². The average Bonchev–Trinajstić information content (AvgIpc) is 2.68. The normalized spacial score (nSPS) is 10.4. The molecule has 0 saturated heterocycles. The summed E-state index contributed by atoms with van der Waals surface area (Å²) in [5, 5.41) is 12.6. The number of hydrogen-bond donors (Lipinski definition) is 5. The third kappa shape index (κ3) is 5.45. The summed E-state index contributed by atoms with van der Waals surface area (Å²) in [6.45, 7) is 1.46. The number of nitrogens with one attached hydrogen (secondary N) is 4. The first kappa shape index (κ1) is 19.2. The Morgan fingerprint density at radius 1 is 0.857 bits per heavy atom. The van der Waals surface area contributed by atoms with Crippen LogP contribution in [-0.2, 0) is 0 Å². The van der Waals surface area contributed by atoms with Crippen LogP contribution in [0.15, 0.2) is 48.5 Å². The van der Waals surface area contributed by atoms with Gasteiger partial charge in [-0.05, 0) is 37.4 Å². The molecule has 0 radical (unpaired) electrons. The van der Waals surface area contributed by atoms with E-state index in [-0.39, 0.29) is 0 Å². The smallest absolute Gasteiger partial charge is 0.233 e. The second kappa shape index (κ2) is 9.38. The van der Waals surface area contributed by atoms with E-state index in [0.717, 1.165) is 23.7 Å². The number of rotatable bonds is 9. The van der Waals surface area contributed by atoms with Crippen molar-refractivity contribution in [3.8, 4) is 5.75 Å². The van der Waals surface area contributed by atoms with E-state index in [1.807, 2.05) is 55.6 Å². The van der Waals surface area contributed by atoms with Crippen LogP contribution in [-0.4, -0.2) is 42.2 Å². The minimum absolute atomic E-state index is 0.401. The van der Waals surface area contributed by atoms with Crippen LogP contribution in [0.1, 0.15) is 0 Å². The van der Waals surface area contributed by atoms with Gasteiger partial charge in [0.1, 0.15) is 5.75 Å². The summed E-state index contributed by atoms with van der Waals surface area (Å²) < 4.78 is 5.26. The molecule has 0 saturated carbocycles. The summed E-state index contributed by atoms with van der Waals surface area (Å²) in [7, 11) is 3.51. The summed E-state index contributed by atoms with van der Waals surface area (Å²) in [6, 6.07) is 14.9. The Hall–Kier alpha value is -3.59. The monoisotopic (exact) mass is 380 g/mol. The lowest BCUT2D eigenvalue weighted by Crippen LogP contribution is -2.19. The Bertz CT molecular complexity index is 918. The second-order valence-electron chi connectivity index (χ2n) is 5.94. The van der Waals surface area contributed by atoms with Crippen LogP contribution in [0.3, 0.4) is 0 Å². The Morgan fingerprint density at radius 2 is 1.50 bits per heavy atom. The van der Waals surface area contributed by atoms with Crippen molar-refractivity contribution in [2.24, 2.45) is 0 Å². The minimum atomic E-state index is 0.401. The van der Waals surface area contributed by atoms with E-state index in [9.17, 15) is 0 Å². The topological polar surface area (TPSA) is 122 Å². The number of nitrogens with zero attached hydrogens (tertiary/aromatic N) is 3. The zero-order chi connectivity index (χ0) is 19.8. The largest absolute Gasteiger partial charge is 0.497 e. The van der Waals surface area contributed by atoms with Gasteiger partial charge in [0.05, 0.1) is 7.11 Å². The maximum absolute atomic E-state index is 5.85.